The number of amides is 1. The van der Waals surface area contributed by atoms with Crippen LogP contribution in [-0.4, -0.2) is 81.7 Å². The Labute approximate surface area is 248 Å². The van der Waals surface area contributed by atoms with Crippen molar-refractivity contribution in [3.8, 4) is 11.5 Å². The average molecular weight is 595 g/mol. The van der Waals surface area contributed by atoms with E-state index in [1.165, 1.54) is 0 Å². The van der Waals surface area contributed by atoms with E-state index in [0.29, 0.717) is 37.7 Å². The first kappa shape index (κ1) is 37.7. The molecule has 1 aromatic rings. The minimum atomic E-state index is -0.737. The number of hydrogen-bond donors (Lipinski definition) is 3. The lowest BCUT2D eigenvalue weighted by molar-refractivity contribution is -0.129. The lowest BCUT2D eigenvalue weighted by atomic mass is 9.80. The largest absolute Gasteiger partial charge is 0.493 e. The number of nitrogens with two attached hydrogens (primary N) is 1. The van der Waals surface area contributed by atoms with E-state index >= 15 is 0 Å². The van der Waals surface area contributed by atoms with E-state index in [0.717, 1.165) is 37.2 Å². The van der Waals surface area contributed by atoms with E-state index in [9.17, 15) is 9.90 Å². The molecule has 0 bridgehead atoms. The van der Waals surface area contributed by atoms with E-state index in [1.807, 2.05) is 33.0 Å². The monoisotopic (exact) mass is 593 g/mol. The van der Waals surface area contributed by atoms with Crippen LogP contribution in [0.1, 0.15) is 52.5 Å². The van der Waals surface area contributed by atoms with Crippen LogP contribution in [0.15, 0.2) is 18.2 Å². The molecule has 4 unspecified atom stereocenters. The maximum absolute atomic E-state index is 12.9. The molecular formula is C29H53Cl2N3O5. The Morgan fingerprint density at radius 2 is 1.74 bits per heavy atom. The molecule has 0 spiro atoms. The lowest BCUT2D eigenvalue weighted by Crippen LogP contribution is -2.59. The normalized spacial score (nSPS) is 16.9. The molecule has 1 aromatic carbocycles. The summed E-state index contributed by atoms with van der Waals surface area (Å²) in [7, 11) is 5.36. The van der Waals surface area contributed by atoms with Gasteiger partial charge in [0, 0.05) is 45.2 Å². The number of hydrogen-bond acceptors (Lipinski definition) is 7. The van der Waals surface area contributed by atoms with Gasteiger partial charge in [0.15, 0.2) is 11.5 Å². The van der Waals surface area contributed by atoms with Crippen LogP contribution < -0.4 is 20.5 Å². The molecule has 1 saturated heterocycles. The summed E-state index contributed by atoms with van der Waals surface area (Å²) in [6, 6.07) is 5.85. The summed E-state index contributed by atoms with van der Waals surface area (Å²) in [4.78, 5) is 15.1. The van der Waals surface area contributed by atoms with E-state index < -0.39 is 12.1 Å². The van der Waals surface area contributed by atoms with Crippen molar-refractivity contribution in [3.05, 3.63) is 23.8 Å². The third kappa shape index (κ3) is 12.4. The summed E-state index contributed by atoms with van der Waals surface area (Å²) in [6.07, 6.45) is 1.94. The molecule has 39 heavy (non-hydrogen) atoms. The van der Waals surface area contributed by atoms with Gasteiger partial charge in [0.2, 0.25) is 5.91 Å². The molecular weight excluding hydrogens is 541 g/mol. The number of methoxy groups -OCH3 is 2. The van der Waals surface area contributed by atoms with Crippen LogP contribution in [0.2, 0.25) is 0 Å². The van der Waals surface area contributed by atoms with Gasteiger partial charge in [0.05, 0.1) is 25.9 Å². The maximum Gasteiger partial charge on any atom is 0.223 e. The molecule has 0 saturated carbocycles. The second-order valence-corrected chi connectivity index (χ2v) is 11.4. The number of likely N-dealkylation sites (tertiary alicyclic amines) is 1. The van der Waals surface area contributed by atoms with Crippen molar-refractivity contribution >= 4 is 30.7 Å². The molecule has 10 heteroatoms. The molecule has 8 nitrogen and oxygen atoms in total. The summed E-state index contributed by atoms with van der Waals surface area (Å²) < 4.78 is 16.5. The Morgan fingerprint density at radius 3 is 2.28 bits per heavy atom. The highest BCUT2D eigenvalue weighted by Gasteiger charge is 2.32. The maximum atomic E-state index is 12.9. The molecule has 0 aromatic heterocycles. The first-order valence-corrected chi connectivity index (χ1v) is 13.8. The number of carbonyl (C=O) groups is 1. The van der Waals surface area contributed by atoms with Gasteiger partial charge >= 0.3 is 0 Å². The van der Waals surface area contributed by atoms with Crippen LogP contribution in [0.5, 0.6) is 11.5 Å². The van der Waals surface area contributed by atoms with E-state index in [2.05, 4.69) is 30.1 Å². The van der Waals surface area contributed by atoms with Crippen molar-refractivity contribution in [1.82, 2.24) is 10.2 Å². The number of halogens is 2. The van der Waals surface area contributed by atoms with Gasteiger partial charge in [0.25, 0.3) is 0 Å². The predicted octanol–water partition coefficient (Wildman–Crippen LogP) is 3.94. The number of ether oxygens (including phenoxy) is 3. The van der Waals surface area contributed by atoms with E-state index in [4.69, 9.17) is 19.9 Å². The van der Waals surface area contributed by atoms with Crippen LogP contribution in [0.25, 0.3) is 0 Å². The summed E-state index contributed by atoms with van der Waals surface area (Å²) in [5.74, 6) is 1.98. The summed E-state index contributed by atoms with van der Waals surface area (Å²) >= 11 is 0. The van der Waals surface area contributed by atoms with Crippen molar-refractivity contribution in [2.24, 2.45) is 29.4 Å². The number of rotatable bonds is 17. The highest BCUT2D eigenvalue weighted by Crippen LogP contribution is 2.32. The van der Waals surface area contributed by atoms with Crippen LogP contribution in [-0.2, 0) is 16.0 Å². The summed E-state index contributed by atoms with van der Waals surface area (Å²) in [5.41, 5.74) is 7.69. The number of likely N-dealkylation sites (N-methyl/N-ethyl adjacent to an activating group) is 1. The standard InChI is InChI=1S/C29H51N3O5.2ClH/c1-19(2)22(13-21-9-10-27(36-7)28(14-21)37-12-8-11-35-6)15-25(30)26(33)16-24(20(3)4)29(34)31-23-17-32(5)18-23;;/h9-10,14,19-20,22-26,33H,8,11-13,15-18,30H2,1-7H3,(H,31,34);2*1H. The Kier molecular flexibility index (Phi) is 18.3. The van der Waals surface area contributed by atoms with Crippen LogP contribution >= 0.6 is 24.8 Å². The zero-order chi connectivity index (χ0) is 27.5. The minimum absolute atomic E-state index is 0. The van der Waals surface area contributed by atoms with Crippen molar-refractivity contribution in [2.75, 3.05) is 47.6 Å². The fourth-order valence-electron chi connectivity index (χ4n) is 4.96. The highest BCUT2D eigenvalue weighted by molar-refractivity contribution is 5.85. The van der Waals surface area contributed by atoms with E-state index in [1.54, 1.807) is 14.2 Å². The van der Waals surface area contributed by atoms with Gasteiger partial charge in [-0.1, -0.05) is 33.8 Å². The Balaban J connectivity index is 0.00000722. The molecule has 0 aliphatic carbocycles. The van der Waals surface area contributed by atoms with Crippen LogP contribution in [0.4, 0.5) is 0 Å². The SMILES string of the molecule is COCCCOc1cc(CC(CC(N)C(O)CC(C(=O)NC2CN(C)C2)C(C)C)C(C)C)ccc1OC.Cl.Cl. The smallest absolute Gasteiger partial charge is 0.223 e. The first-order valence-electron chi connectivity index (χ1n) is 13.8. The Hall–Kier alpha value is -1.29. The minimum Gasteiger partial charge on any atom is -0.493 e. The average Bonchev–Trinajstić information content (AvgIpc) is 2.83. The van der Waals surface area contributed by atoms with Gasteiger partial charge in [-0.2, -0.15) is 0 Å². The molecule has 2 rings (SSSR count). The van der Waals surface area contributed by atoms with Crippen LogP contribution in [0, 0.1) is 23.7 Å². The van der Waals surface area contributed by atoms with Crippen molar-refractivity contribution < 1.29 is 24.1 Å². The van der Waals surface area contributed by atoms with Gasteiger partial charge in [-0.25, -0.2) is 0 Å². The lowest BCUT2D eigenvalue weighted by Gasteiger charge is -2.38. The number of nitrogens with one attached hydrogen (secondary N) is 1. The van der Waals surface area contributed by atoms with Crippen LogP contribution in [0.3, 0.4) is 0 Å². The first-order chi connectivity index (χ1) is 17.5. The topological polar surface area (TPSA) is 106 Å². The highest BCUT2D eigenvalue weighted by atomic mass is 35.5. The molecule has 1 aliphatic heterocycles. The molecule has 228 valence electrons. The van der Waals surface area contributed by atoms with Gasteiger partial charge in [0.1, 0.15) is 0 Å². The molecule has 4 N–H and O–H groups in total. The summed E-state index contributed by atoms with van der Waals surface area (Å²) in [5, 5.41) is 14.2. The predicted molar refractivity (Wildman–Crippen MR) is 162 cm³/mol. The number of benzene rings is 1. The summed E-state index contributed by atoms with van der Waals surface area (Å²) in [6.45, 7) is 11.4. The third-order valence-electron chi connectivity index (χ3n) is 7.54. The van der Waals surface area contributed by atoms with Gasteiger partial charge in [-0.3, -0.25) is 4.79 Å². The van der Waals surface area contributed by atoms with Gasteiger partial charge < -0.3 is 35.3 Å². The number of carbonyl (C=O) groups excluding carboxylic acids is 1. The number of nitrogens with zero attached hydrogens (tertiary/aromatic N) is 1. The second kappa shape index (κ2) is 18.9. The molecule has 1 aliphatic rings. The Morgan fingerprint density at radius 1 is 1.08 bits per heavy atom. The number of aliphatic hydroxyl groups is 1. The molecule has 1 amide bonds. The second-order valence-electron chi connectivity index (χ2n) is 11.4. The third-order valence-corrected chi connectivity index (χ3v) is 7.54. The van der Waals surface area contributed by atoms with E-state index in [-0.39, 0.29) is 54.5 Å². The van der Waals surface area contributed by atoms with Crippen molar-refractivity contribution in [3.63, 3.8) is 0 Å². The van der Waals surface area contributed by atoms with Gasteiger partial charge in [-0.15, -0.1) is 24.8 Å². The molecule has 4 atom stereocenters. The molecule has 1 fully saturated rings. The fraction of sp³-hybridized carbons (Fsp3) is 0.759. The molecule has 1 heterocycles. The fourth-order valence-corrected chi connectivity index (χ4v) is 4.96. The zero-order valence-corrected chi connectivity index (χ0v) is 26.5. The Bertz CT molecular complexity index is 824. The zero-order valence-electron chi connectivity index (χ0n) is 24.9. The van der Waals surface area contributed by atoms with Crippen molar-refractivity contribution in [1.29, 1.82) is 0 Å². The van der Waals surface area contributed by atoms with Gasteiger partial charge in [-0.05, 0) is 61.8 Å². The molecule has 0 radical (unpaired) electrons. The quantitative estimate of drug-likeness (QED) is 0.235. The number of aliphatic hydroxyl groups excluding tert-OH is 1. The van der Waals surface area contributed by atoms with Crippen molar-refractivity contribution in [2.45, 2.75) is 71.6 Å².